The first-order chi connectivity index (χ1) is 8.77. The highest BCUT2D eigenvalue weighted by Gasteiger charge is 2.07. The van der Waals surface area contributed by atoms with Crippen LogP contribution in [0.15, 0.2) is 18.5 Å². The van der Waals surface area contributed by atoms with Crippen molar-refractivity contribution < 1.29 is 9.53 Å². The lowest BCUT2D eigenvalue weighted by Crippen LogP contribution is -2.02. The van der Waals surface area contributed by atoms with Crippen molar-refractivity contribution in [2.75, 3.05) is 13.2 Å². The Morgan fingerprint density at radius 3 is 2.78 bits per heavy atom. The number of hydrogen-bond donors (Lipinski definition) is 1. The Labute approximate surface area is 109 Å². The molecule has 0 atom stereocenters. The monoisotopic (exact) mass is 250 g/mol. The highest BCUT2D eigenvalue weighted by atomic mass is 16.5. The van der Waals surface area contributed by atoms with Gasteiger partial charge in [-0.25, -0.2) is 0 Å². The van der Waals surface area contributed by atoms with Crippen molar-refractivity contribution in [1.82, 2.24) is 4.98 Å². The molecule has 0 spiro atoms. The van der Waals surface area contributed by atoms with E-state index in [9.17, 15) is 4.79 Å². The highest BCUT2D eigenvalue weighted by molar-refractivity contribution is 5.96. The second-order valence-corrected chi connectivity index (χ2v) is 4.22. The lowest BCUT2D eigenvalue weighted by molar-refractivity contribution is 0.0978. The average molecular weight is 250 g/mol. The van der Waals surface area contributed by atoms with E-state index in [0.29, 0.717) is 24.3 Å². The molecule has 4 nitrogen and oxygen atoms in total. The third-order valence-electron chi connectivity index (χ3n) is 2.70. The van der Waals surface area contributed by atoms with Gasteiger partial charge >= 0.3 is 0 Å². The molecule has 0 saturated carbocycles. The number of unbranched alkanes of at least 4 members (excludes halogenated alkanes) is 3. The molecule has 100 valence electrons. The van der Waals surface area contributed by atoms with Crippen LogP contribution in [0.2, 0.25) is 0 Å². The second-order valence-electron chi connectivity index (χ2n) is 4.22. The van der Waals surface area contributed by atoms with Crippen molar-refractivity contribution in [3.05, 3.63) is 24.0 Å². The van der Waals surface area contributed by atoms with Crippen LogP contribution in [0.3, 0.4) is 0 Å². The Kier molecular flexibility index (Phi) is 7.03. The SMILES string of the molecule is CCOc1cncc(C(=O)CCCCCCN)c1. The standard InChI is InChI=1S/C14H22N2O2/c1-2-18-13-9-12(10-16-11-13)14(17)7-5-3-4-6-8-15/h9-11H,2-8,15H2,1H3. The first-order valence-electron chi connectivity index (χ1n) is 6.59. The summed E-state index contributed by atoms with van der Waals surface area (Å²) in [6.07, 6.45) is 7.91. The molecule has 0 radical (unpaired) electrons. The first-order valence-corrected chi connectivity index (χ1v) is 6.59. The van der Waals surface area contributed by atoms with Crippen molar-refractivity contribution in [3.8, 4) is 5.75 Å². The number of Topliss-reactive ketones (excluding diaryl/α,β-unsaturated/α-hetero) is 1. The van der Waals surface area contributed by atoms with E-state index < -0.39 is 0 Å². The summed E-state index contributed by atoms with van der Waals surface area (Å²) in [5.74, 6) is 0.795. The molecule has 0 fully saturated rings. The Morgan fingerprint density at radius 1 is 1.28 bits per heavy atom. The van der Waals surface area contributed by atoms with E-state index in [1.807, 2.05) is 6.92 Å². The van der Waals surface area contributed by atoms with Crippen LogP contribution in [0.25, 0.3) is 0 Å². The van der Waals surface area contributed by atoms with Gasteiger partial charge in [0.25, 0.3) is 0 Å². The maximum Gasteiger partial charge on any atom is 0.164 e. The first kappa shape index (κ1) is 14.6. The van der Waals surface area contributed by atoms with Gasteiger partial charge in [-0.05, 0) is 32.4 Å². The molecule has 0 aliphatic heterocycles. The Hall–Kier alpha value is -1.42. The molecule has 4 heteroatoms. The fourth-order valence-corrected chi connectivity index (χ4v) is 1.74. The van der Waals surface area contributed by atoms with Gasteiger partial charge < -0.3 is 10.5 Å². The molecule has 1 heterocycles. The summed E-state index contributed by atoms with van der Waals surface area (Å²) in [6.45, 7) is 3.22. The molecule has 0 amide bonds. The number of ether oxygens (including phenoxy) is 1. The van der Waals surface area contributed by atoms with Gasteiger partial charge in [0, 0.05) is 18.2 Å². The number of pyridine rings is 1. The molecule has 0 saturated heterocycles. The molecule has 1 rings (SSSR count). The van der Waals surface area contributed by atoms with Crippen LogP contribution >= 0.6 is 0 Å². The Balaban J connectivity index is 2.38. The maximum absolute atomic E-state index is 11.9. The van der Waals surface area contributed by atoms with Crippen LogP contribution in [-0.4, -0.2) is 23.9 Å². The zero-order valence-corrected chi connectivity index (χ0v) is 11.0. The van der Waals surface area contributed by atoms with Gasteiger partial charge in [-0.1, -0.05) is 12.8 Å². The van der Waals surface area contributed by atoms with Crippen molar-refractivity contribution >= 4 is 5.78 Å². The van der Waals surface area contributed by atoms with Crippen LogP contribution in [0.1, 0.15) is 49.4 Å². The van der Waals surface area contributed by atoms with Gasteiger partial charge in [-0.15, -0.1) is 0 Å². The topological polar surface area (TPSA) is 65.2 Å². The largest absolute Gasteiger partial charge is 0.492 e. The normalized spacial score (nSPS) is 10.3. The zero-order valence-electron chi connectivity index (χ0n) is 11.0. The summed E-state index contributed by atoms with van der Waals surface area (Å²) in [5.41, 5.74) is 6.06. The number of carbonyl (C=O) groups excluding carboxylic acids is 1. The van der Waals surface area contributed by atoms with E-state index in [2.05, 4.69) is 4.98 Å². The predicted molar refractivity (Wildman–Crippen MR) is 71.9 cm³/mol. The number of ketones is 1. The fraction of sp³-hybridized carbons (Fsp3) is 0.571. The molecule has 0 aromatic carbocycles. The van der Waals surface area contributed by atoms with E-state index in [4.69, 9.17) is 10.5 Å². The zero-order chi connectivity index (χ0) is 13.2. The fourth-order valence-electron chi connectivity index (χ4n) is 1.74. The summed E-state index contributed by atoms with van der Waals surface area (Å²) in [6, 6.07) is 1.76. The van der Waals surface area contributed by atoms with Gasteiger partial charge in [0.15, 0.2) is 5.78 Å². The lowest BCUT2D eigenvalue weighted by atomic mass is 10.1. The van der Waals surface area contributed by atoms with Crippen molar-refractivity contribution in [2.24, 2.45) is 5.73 Å². The summed E-state index contributed by atoms with van der Waals surface area (Å²) in [4.78, 5) is 15.9. The molecule has 1 aromatic rings. The van der Waals surface area contributed by atoms with Gasteiger partial charge in [-0.3, -0.25) is 9.78 Å². The second kappa shape index (κ2) is 8.64. The molecule has 18 heavy (non-hydrogen) atoms. The molecule has 0 bridgehead atoms. The van der Waals surface area contributed by atoms with Gasteiger partial charge in [0.2, 0.25) is 0 Å². The molecule has 2 N–H and O–H groups in total. The van der Waals surface area contributed by atoms with Crippen LogP contribution < -0.4 is 10.5 Å². The third kappa shape index (κ3) is 5.27. The summed E-state index contributed by atoms with van der Waals surface area (Å²) < 4.78 is 5.33. The number of aromatic nitrogens is 1. The molecule has 1 aromatic heterocycles. The van der Waals surface area contributed by atoms with Gasteiger partial charge in [0.1, 0.15) is 5.75 Å². The van der Waals surface area contributed by atoms with Gasteiger partial charge in [-0.2, -0.15) is 0 Å². The minimum Gasteiger partial charge on any atom is -0.492 e. The predicted octanol–water partition coefficient (Wildman–Crippen LogP) is 2.57. The van der Waals surface area contributed by atoms with Crippen LogP contribution in [-0.2, 0) is 0 Å². The molecule has 0 aliphatic rings. The smallest absolute Gasteiger partial charge is 0.164 e. The van der Waals surface area contributed by atoms with Crippen molar-refractivity contribution in [3.63, 3.8) is 0 Å². The summed E-state index contributed by atoms with van der Waals surface area (Å²) in [5, 5.41) is 0. The maximum atomic E-state index is 11.9. The minimum absolute atomic E-state index is 0.136. The number of hydrogen-bond acceptors (Lipinski definition) is 4. The number of carbonyl (C=O) groups is 1. The summed E-state index contributed by atoms with van der Waals surface area (Å²) >= 11 is 0. The van der Waals surface area contributed by atoms with E-state index in [-0.39, 0.29) is 5.78 Å². The number of rotatable bonds is 9. The van der Waals surface area contributed by atoms with E-state index in [1.54, 1.807) is 18.5 Å². The summed E-state index contributed by atoms with van der Waals surface area (Å²) in [7, 11) is 0. The minimum atomic E-state index is 0.136. The third-order valence-corrected chi connectivity index (χ3v) is 2.70. The molecule has 0 aliphatic carbocycles. The van der Waals surface area contributed by atoms with Crippen LogP contribution in [0, 0.1) is 0 Å². The van der Waals surface area contributed by atoms with Crippen molar-refractivity contribution in [1.29, 1.82) is 0 Å². The van der Waals surface area contributed by atoms with E-state index >= 15 is 0 Å². The Morgan fingerprint density at radius 2 is 2.06 bits per heavy atom. The highest BCUT2D eigenvalue weighted by Crippen LogP contribution is 2.14. The Bertz CT molecular complexity index is 367. The van der Waals surface area contributed by atoms with Crippen molar-refractivity contribution in [2.45, 2.75) is 39.0 Å². The quantitative estimate of drug-likeness (QED) is 0.540. The number of nitrogens with two attached hydrogens (primary N) is 1. The van der Waals surface area contributed by atoms with E-state index in [1.165, 1.54) is 0 Å². The number of nitrogens with zero attached hydrogens (tertiary/aromatic N) is 1. The molecular formula is C14H22N2O2. The van der Waals surface area contributed by atoms with Crippen LogP contribution in [0.4, 0.5) is 0 Å². The van der Waals surface area contributed by atoms with Gasteiger partial charge in [0.05, 0.1) is 12.8 Å². The molecular weight excluding hydrogens is 228 g/mol. The molecule has 0 unspecified atom stereocenters. The average Bonchev–Trinajstić information content (AvgIpc) is 2.39. The lowest BCUT2D eigenvalue weighted by Gasteiger charge is -2.05. The van der Waals surface area contributed by atoms with Crippen LogP contribution in [0.5, 0.6) is 5.75 Å². The van der Waals surface area contributed by atoms with E-state index in [0.717, 1.165) is 32.2 Å².